The number of rotatable bonds is 5. The third-order valence-corrected chi connectivity index (χ3v) is 5.40. The maximum absolute atomic E-state index is 9.81. The summed E-state index contributed by atoms with van der Waals surface area (Å²) in [4.78, 5) is 15.5. The van der Waals surface area contributed by atoms with Crippen LogP contribution in [0.1, 0.15) is 22.6 Å². The lowest BCUT2D eigenvalue weighted by molar-refractivity contribution is 0.413. The monoisotopic (exact) mass is 400 g/mol. The number of aromatic hydroxyl groups is 1. The number of H-pyrrole nitrogens is 2. The molecule has 0 aliphatic rings. The quantitative estimate of drug-likeness (QED) is 0.408. The number of nitrogens with one attached hydrogen (secondary N) is 2. The molecule has 0 saturated heterocycles. The summed E-state index contributed by atoms with van der Waals surface area (Å²) in [6.45, 7) is 0. The van der Waals surface area contributed by atoms with E-state index >= 15 is 0 Å². The smallest absolute Gasteiger partial charge is 0.137 e. The molecule has 7 heteroatoms. The zero-order valence-corrected chi connectivity index (χ0v) is 16.5. The normalized spacial score (nSPS) is 11.4. The van der Waals surface area contributed by atoms with Crippen LogP contribution < -0.4 is 9.47 Å². The van der Waals surface area contributed by atoms with Crippen LogP contribution in [0.15, 0.2) is 61.2 Å². The number of phenols is 1. The Morgan fingerprint density at radius 2 is 1.30 bits per heavy atom. The number of hydrogen-bond acceptors (Lipinski definition) is 5. The summed E-state index contributed by atoms with van der Waals surface area (Å²) in [6.07, 6.45) is 7.33. The standard InChI is InChI=1S/C23H20N4O3/c1-29-15-7-17-19(11-26-22(17)24-9-15)21(13-3-5-14(28)6-4-13)20-12-27-23-18(20)8-16(30-2)10-25-23/h3-12,21,28H,1-2H3,(H,24,26)(H,25,27). The first-order valence-electron chi connectivity index (χ1n) is 9.49. The van der Waals surface area contributed by atoms with Crippen molar-refractivity contribution in [2.24, 2.45) is 0 Å². The van der Waals surface area contributed by atoms with E-state index in [9.17, 15) is 5.11 Å². The van der Waals surface area contributed by atoms with Crippen molar-refractivity contribution in [3.8, 4) is 17.2 Å². The Balaban J connectivity index is 1.78. The van der Waals surface area contributed by atoms with Crippen LogP contribution in [0.4, 0.5) is 0 Å². The number of pyridine rings is 2. The lowest BCUT2D eigenvalue weighted by Crippen LogP contribution is -2.02. The molecule has 0 aliphatic carbocycles. The molecule has 5 aromatic rings. The van der Waals surface area contributed by atoms with E-state index in [1.54, 1.807) is 38.7 Å². The van der Waals surface area contributed by atoms with Crippen molar-refractivity contribution in [1.29, 1.82) is 0 Å². The van der Waals surface area contributed by atoms with Gasteiger partial charge in [-0.25, -0.2) is 9.97 Å². The molecule has 4 heterocycles. The van der Waals surface area contributed by atoms with Crippen LogP contribution in [0.2, 0.25) is 0 Å². The van der Waals surface area contributed by atoms with Gasteiger partial charge in [0.15, 0.2) is 0 Å². The molecule has 0 bridgehead atoms. The molecule has 30 heavy (non-hydrogen) atoms. The van der Waals surface area contributed by atoms with Crippen molar-refractivity contribution in [2.75, 3.05) is 14.2 Å². The molecular formula is C23H20N4O3. The molecule has 0 fully saturated rings. The second-order valence-electron chi connectivity index (χ2n) is 7.06. The fraction of sp³-hybridized carbons (Fsp3) is 0.130. The Hall–Kier alpha value is -4.00. The number of ether oxygens (including phenoxy) is 2. The fourth-order valence-electron chi connectivity index (χ4n) is 3.90. The molecule has 1 aromatic carbocycles. The Morgan fingerprint density at radius 3 is 1.77 bits per heavy atom. The van der Waals surface area contributed by atoms with E-state index in [-0.39, 0.29) is 11.7 Å². The first-order chi connectivity index (χ1) is 14.7. The van der Waals surface area contributed by atoms with Crippen molar-refractivity contribution < 1.29 is 14.6 Å². The predicted molar refractivity (Wildman–Crippen MR) is 114 cm³/mol. The van der Waals surface area contributed by atoms with Crippen LogP contribution >= 0.6 is 0 Å². The fourth-order valence-corrected chi connectivity index (χ4v) is 3.90. The summed E-state index contributed by atoms with van der Waals surface area (Å²) in [5, 5.41) is 11.8. The molecule has 3 N–H and O–H groups in total. The van der Waals surface area contributed by atoms with Crippen molar-refractivity contribution in [3.05, 3.63) is 77.9 Å². The number of hydrogen-bond donors (Lipinski definition) is 3. The topological polar surface area (TPSA) is 96.1 Å². The molecular weight excluding hydrogens is 380 g/mol. The molecule has 0 aliphatic heterocycles. The summed E-state index contributed by atoms with van der Waals surface area (Å²) < 4.78 is 10.8. The first kappa shape index (κ1) is 18.1. The number of fused-ring (bicyclic) bond motifs is 2. The first-order valence-corrected chi connectivity index (χ1v) is 9.49. The van der Waals surface area contributed by atoms with Crippen LogP contribution in [-0.4, -0.2) is 39.3 Å². The molecule has 0 unspecified atom stereocenters. The summed E-state index contributed by atoms with van der Waals surface area (Å²) in [5.41, 5.74) is 4.69. The van der Waals surface area contributed by atoms with Crippen molar-refractivity contribution in [2.45, 2.75) is 5.92 Å². The van der Waals surface area contributed by atoms with Crippen LogP contribution in [0.25, 0.3) is 22.1 Å². The molecule has 0 radical (unpaired) electrons. The average Bonchev–Trinajstić information content (AvgIpc) is 3.39. The van der Waals surface area contributed by atoms with E-state index in [1.165, 1.54) is 0 Å². The molecule has 0 atom stereocenters. The number of methoxy groups -OCH3 is 2. The van der Waals surface area contributed by atoms with Crippen molar-refractivity contribution in [3.63, 3.8) is 0 Å². The van der Waals surface area contributed by atoms with Gasteiger partial charge in [0.05, 0.1) is 26.6 Å². The molecule has 4 aromatic heterocycles. The molecule has 0 spiro atoms. The number of aromatic nitrogens is 4. The SMILES string of the molecule is COc1cnc2[nH]cc(C(c3ccc(O)cc3)c3c[nH]c4ncc(OC)cc34)c2c1. The molecule has 5 rings (SSSR count). The molecule has 7 nitrogen and oxygen atoms in total. The van der Waals surface area contributed by atoms with Gasteiger partial charge in [-0.2, -0.15) is 0 Å². The summed E-state index contributed by atoms with van der Waals surface area (Å²) in [7, 11) is 3.26. The van der Waals surface area contributed by atoms with Gasteiger partial charge in [-0.1, -0.05) is 12.1 Å². The highest BCUT2D eigenvalue weighted by Crippen LogP contribution is 2.40. The lowest BCUT2D eigenvalue weighted by Gasteiger charge is -2.17. The Bertz CT molecular complexity index is 1260. The maximum Gasteiger partial charge on any atom is 0.137 e. The van der Waals surface area contributed by atoms with Gasteiger partial charge >= 0.3 is 0 Å². The largest absolute Gasteiger partial charge is 0.508 e. The van der Waals surface area contributed by atoms with Gasteiger partial charge in [0.1, 0.15) is 28.5 Å². The van der Waals surface area contributed by atoms with Gasteiger partial charge in [-0.3, -0.25) is 0 Å². The third-order valence-electron chi connectivity index (χ3n) is 5.40. The lowest BCUT2D eigenvalue weighted by atomic mass is 9.85. The Kier molecular flexibility index (Phi) is 4.28. The number of nitrogens with zero attached hydrogens (tertiary/aromatic N) is 2. The van der Waals surface area contributed by atoms with Gasteiger partial charge in [-0.15, -0.1) is 0 Å². The number of aromatic amines is 2. The van der Waals surface area contributed by atoms with Gasteiger partial charge < -0.3 is 24.5 Å². The number of benzene rings is 1. The zero-order chi connectivity index (χ0) is 20.7. The van der Waals surface area contributed by atoms with Gasteiger partial charge in [0.2, 0.25) is 0 Å². The average molecular weight is 400 g/mol. The second-order valence-corrected chi connectivity index (χ2v) is 7.06. The molecule has 0 amide bonds. The minimum Gasteiger partial charge on any atom is -0.508 e. The van der Waals surface area contributed by atoms with Crippen LogP contribution in [0.3, 0.4) is 0 Å². The summed E-state index contributed by atoms with van der Waals surface area (Å²) in [6, 6.07) is 11.2. The van der Waals surface area contributed by atoms with E-state index in [0.29, 0.717) is 11.5 Å². The van der Waals surface area contributed by atoms with E-state index in [0.717, 1.165) is 38.8 Å². The highest BCUT2D eigenvalue weighted by molar-refractivity contribution is 5.87. The van der Waals surface area contributed by atoms with E-state index < -0.39 is 0 Å². The Morgan fingerprint density at radius 1 is 0.800 bits per heavy atom. The van der Waals surface area contributed by atoms with Gasteiger partial charge in [-0.05, 0) is 41.0 Å². The third kappa shape index (κ3) is 2.91. The summed E-state index contributed by atoms with van der Waals surface area (Å²) in [5.74, 6) is 1.48. The van der Waals surface area contributed by atoms with Gasteiger partial charge in [0, 0.05) is 29.1 Å². The van der Waals surface area contributed by atoms with Crippen LogP contribution in [0, 0.1) is 0 Å². The minimum absolute atomic E-state index is 0.129. The Labute approximate surface area is 172 Å². The number of phenolic OH excluding ortho intramolecular Hbond substituents is 1. The van der Waals surface area contributed by atoms with E-state index in [1.807, 2.05) is 36.7 Å². The zero-order valence-electron chi connectivity index (χ0n) is 16.5. The molecule has 150 valence electrons. The highest BCUT2D eigenvalue weighted by atomic mass is 16.5. The van der Waals surface area contributed by atoms with E-state index in [4.69, 9.17) is 9.47 Å². The predicted octanol–water partition coefficient (Wildman–Crippen LogP) is 4.34. The summed E-state index contributed by atoms with van der Waals surface area (Å²) >= 11 is 0. The minimum atomic E-state index is -0.129. The van der Waals surface area contributed by atoms with Crippen molar-refractivity contribution in [1.82, 2.24) is 19.9 Å². The van der Waals surface area contributed by atoms with Crippen molar-refractivity contribution >= 4 is 22.1 Å². The maximum atomic E-state index is 9.81. The second kappa shape index (κ2) is 7.11. The highest BCUT2D eigenvalue weighted by Gasteiger charge is 2.24. The van der Waals surface area contributed by atoms with Crippen LogP contribution in [0.5, 0.6) is 17.2 Å². The van der Waals surface area contributed by atoms with E-state index in [2.05, 4.69) is 19.9 Å². The van der Waals surface area contributed by atoms with Gasteiger partial charge in [0.25, 0.3) is 0 Å². The molecule has 0 saturated carbocycles. The van der Waals surface area contributed by atoms with Crippen LogP contribution in [-0.2, 0) is 0 Å².